The predicted molar refractivity (Wildman–Crippen MR) is 111 cm³/mol. The van der Waals surface area contributed by atoms with Gasteiger partial charge < -0.3 is 20.5 Å². The third-order valence-corrected chi connectivity index (χ3v) is 4.61. The van der Waals surface area contributed by atoms with Gasteiger partial charge in [-0.15, -0.1) is 0 Å². The molecule has 0 unspecified atom stereocenters. The number of rotatable bonds is 10. The molecule has 2 aromatic rings. The van der Waals surface area contributed by atoms with Crippen LogP contribution >= 0.6 is 0 Å². The summed E-state index contributed by atoms with van der Waals surface area (Å²) in [4.78, 5) is 16.1. The van der Waals surface area contributed by atoms with E-state index in [-0.39, 0.29) is 5.91 Å². The third kappa shape index (κ3) is 7.06. The Bertz CT molecular complexity index is 738. The highest BCUT2D eigenvalue weighted by molar-refractivity contribution is 5.81. The van der Waals surface area contributed by atoms with Crippen LogP contribution in [0.3, 0.4) is 0 Å². The molecule has 0 aliphatic rings. The fourth-order valence-corrected chi connectivity index (χ4v) is 2.88. The molecule has 2 rings (SSSR count). The van der Waals surface area contributed by atoms with Gasteiger partial charge in [0.2, 0.25) is 5.91 Å². The van der Waals surface area contributed by atoms with Crippen molar-refractivity contribution in [1.29, 1.82) is 0 Å². The number of aliphatic imine (C=N–C) groups is 1. The van der Waals surface area contributed by atoms with Crippen molar-refractivity contribution >= 4 is 11.9 Å². The number of hydrogen-bond donors (Lipinski definition) is 3. The van der Waals surface area contributed by atoms with Crippen molar-refractivity contribution in [1.82, 2.24) is 21.1 Å². The lowest BCUT2D eigenvalue weighted by molar-refractivity contribution is -0.121. The Morgan fingerprint density at radius 3 is 2.54 bits per heavy atom. The summed E-state index contributed by atoms with van der Waals surface area (Å²) in [6.07, 6.45) is 2.46. The molecule has 7 nitrogen and oxygen atoms in total. The van der Waals surface area contributed by atoms with Crippen LogP contribution in [-0.2, 0) is 17.9 Å². The van der Waals surface area contributed by atoms with Gasteiger partial charge in [-0.2, -0.15) is 0 Å². The number of nitrogens with zero attached hydrogens (tertiary/aromatic N) is 2. The molecule has 152 valence electrons. The van der Waals surface area contributed by atoms with E-state index in [9.17, 15) is 4.79 Å². The first kappa shape index (κ1) is 21.5. The summed E-state index contributed by atoms with van der Waals surface area (Å²) in [5, 5.41) is 13.4. The molecule has 0 aliphatic carbocycles. The fraction of sp³-hybridized carbons (Fsp3) is 0.476. The maximum atomic E-state index is 12.0. The van der Waals surface area contributed by atoms with Crippen molar-refractivity contribution in [3.05, 3.63) is 53.4 Å². The number of carbonyl (C=O) groups excluding carboxylic acids is 1. The molecule has 1 aromatic heterocycles. The molecule has 0 radical (unpaired) electrons. The van der Waals surface area contributed by atoms with E-state index in [0.29, 0.717) is 37.9 Å². The molecule has 0 fully saturated rings. The van der Waals surface area contributed by atoms with E-state index in [4.69, 9.17) is 4.52 Å². The molecule has 0 saturated carbocycles. The Labute approximate surface area is 167 Å². The quantitative estimate of drug-likeness (QED) is 0.432. The zero-order valence-electron chi connectivity index (χ0n) is 17.0. The average Bonchev–Trinajstić information content (AvgIpc) is 3.19. The van der Waals surface area contributed by atoms with E-state index in [0.717, 1.165) is 29.9 Å². The normalized spacial score (nSPS) is 11.5. The zero-order valence-corrected chi connectivity index (χ0v) is 17.0. The largest absolute Gasteiger partial charge is 0.359 e. The van der Waals surface area contributed by atoms with Crippen LogP contribution in [0.5, 0.6) is 0 Å². The Morgan fingerprint density at radius 1 is 1.11 bits per heavy atom. The van der Waals surface area contributed by atoms with E-state index >= 15 is 0 Å². The van der Waals surface area contributed by atoms with Crippen LogP contribution in [0.1, 0.15) is 56.0 Å². The fourth-order valence-electron chi connectivity index (χ4n) is 2.88. The summed E-state index contributed by atoms with van der Waals surface area (Å²) < 4.78 is 5.40. The van der Waals surface area contributed by atoms with Gasteiger partial charge in [0, 0.05) is 38.5 Å². The smallest absolute Gasteiger partial charge is 0.222 e. The number of nitrogens with one attached hydrogen (secondary N) is 3. The van der Waals surface area contributed by atoms with Gasteiger partial charge in [-0.05, 0) is 18.4 Å². The van der Waals surface area contributed by atoms with E-state index in [1.54, 1.807) is 7.05 Å². The molecular weight excluding hydrogens is 354 g/mol. The minimum absolute atomic E-state index is 0.00291. The standard InChI is InChI=1S/C21H31N5O2/c1-4-17(5-2)19-13-18(28-26-19)15-25-21(22-3)23-12-11-20(27)24-14-16-9-7-6-8-10-16/h6-10,13,17H,4-5,11-12,14-15H2,1-3H3,(H,24,27)(H2,22,23,25). The minimum Gasteiger partial charge on any atom is -0.359 e. The molecule has 1 amide bonds. The molecule has 3 N–H and O–H groups in total. The Kier molecular flexibility index (Phi) is 9.04. The summed E-state index contributed by atoms with van der Waals surface area (Å²) in [6, 6.07) is 11.8. The maximum Gasteiger partial charge on any atom is 0.222 e. The lowest BCUT2D eigenvalue weighted by Crippen LogP contribution is -2.38. The number of guanidine groups is 1. The van der Waals surface area contributed by atoms with Crippen molar-refractivity contribution in [2.75, 3.05) is 13.6 Å². The first-order valence-electron chi connectivity index (χ1n) is 9.86. The Morgan fingerprint density at radius 2 is 1.86 bits per heavy atom. The summed E-state index contributed by atoms with van der Waals surface area (Å²) in [7, 11) is 1.70. The van der Waals surface area contributed by atoms with Crippen LogP contribution in [0.4, 0.5) is 0 Å². The first-order valence-corrected chi connectivity index (χ1v) is 9.86. The van der Waals surface area contributed by atoms with Crippen molar-refractivity contribution in [3.63, 3.8) is 0 Å². The van der Waals surface area contributed by atoms with Crippen molar-refractivity contribution in [3.8, 4) is 0 Å². The van der Waals surface area contributed by atoms with Crippen molar-refractivity contribution in [2.45, 2.75) is 52.1 Å². The Balaban J connectivity index is 1.68. The Hall–Kier alpha value is -2.83. The van der Waals surface area contributed by atoms with Crippen LogP contribution in [0.25, 0.3) is 0 Å². The second-order valence-electron chi connectivity index (χ2n) is 6.60. The van der Waals surface area contributed by atoms with E-state index in [2.05, 4.69) is 39.9 Å². The van der Waals surface area contributed by atoms with Gasteiger partial charge in [0.05, 0.1) is 12.2 Å². The highest BCUT2D eigenvalue weighted by Crippen LogP contribution is 2.22. The second-order valence-corrected chi connectivity index (χ2v) is 6.60. The van der Waals surface area contributed by atoms with Crippen molar-refractivity contribution in [2.24, 2.45) is 4.99 Å². The second kappa shape index (κ2) is 11.8. The van der Waals surface area contributed by atoms with Gasteiger partial charge in [0.1, 0.15) is 0 Å². The van der Waals surface area contributed by atoms with Crippen molar-refractivity contribution < 1.29 is 9.32 Å². The van der Waals surface area contributed by atoms with Gasteiger partial charge in [-0.3, -0.25) is 9.79 Å². The topological polar surface area (TPSA) is 91.5 Å². The molecule has 1 heterocycles. The van der Waals surface area contributed by atoms with Crippen LogP contribution in [0.2, 0.25) is 0 Å². The van der Waals surface area contributed by atoms with Gasteiger partial charge >= 0.3 is 0 Å². The number of aromatic nitrogens is 1. The SMILES string of the molecule is CCC(CC)c1cc(CNC(=NC)NCCC(=O)NCc2ccccc2)on1. The molecule has 0 spiro atoms. The van der Waals surface area contributed by atoms with Gasteiger partial charge in [-0.25, -0.2) is 0 Å². The molecule has 0 aliphatic heterocycles. The van der Waals surface area contributed by atoms with Crippen LogP contribution in [-0.4, -0.2) is 30.6 Å². The van der Waals surface area contributed by atoms with Gasteiger partial charge in [0.25, 0.3) is 0 Å². The van der Waals surface area contributed by atoms with E-state index in [1.165, 1.54) is 0 Å². The molecule has 1 aromatic carbocycles. The molecule has 0 atom stereocenters. The summed E-state index contributed by atoms with van der Waals surface area (Å²) in [5.41, 5.74) is 2.08. The van der Waals surface area contributed by atoms with Gasteiger partial charge in [0.15, 0.2) is 11.7 Å². The molecular formula is C21H31N5O2. The monoisotopic (exact) mass is 385 g/mol. The molecule has 0 saturated heterocycles. The zero-order chi connectivity index (χ0) is 20.2. The lowest BCUT2D eigenvalue weighted by Gasteiger charge is -2.11. The minimum atomic E-state index is -0.00291. The molecule has 0 bridgehead atoms. The molecule has 28 heavy (non-hydrogen) atoms. The van der Waals surface area contributed by atoms with Gasteiger partial charge in [-0.1, -0.05) is 49.3 Å². The number of hydrogen-bond acceptors (Lipinski definition) is 4. The summed E-state index contributed by atoms with van der Waals surface area (Å²) in [6.45, 7) is 5.84. The summed E-state index contributed by atoms with van der Waals surface area (Å²) in [5.74, 6) is 1.82. The number of benzene rings is 1. The number of carbonyl (C=O) groups is 1. The lowest BCUT2D eigenvalue weighted by atomic mass is 9.99. The average molecular weight is 386 g/mol. The van der Waals surface area contributed by atoms with E-state index < -0.39 is 0 Å². The predicted octanol–water partition coefficient (Wildman–Crippen LogP) is 2.95. The van der Waals surface area contributed by atoms with Crippen LogP contribution in [0.15, 0.2) is 45.9 Å². The van der Waals surface area contributed by atoms with Crippen LogP contribution in [0, 0.1) is 0 Å². The highest BCUT2D eigenvalue weighted by Gasteiger charge is 2.13. The maximum absolute atomic E-state index is 12.0. The van der Waals surface area contributed by atoms with E-state index in [1.807, 2.05) is 36.4 Å². The van der Waals surface area contributed by atoms with Crippen LogP contribution < -0.4 is 16.0 Å². The first-order chi connectivity index (χ1) is 13.7. The highest BCUT2D eigenvalue weighted by atomic mass is 16.5. The number of amides is 1. The third-order valence-electron chi connectivity index (χ3n) is 4.61. The summed E-state index contributed by atoms with van der Waals surface area (Å²) >= 11 is 0. The molecule has 7 heteroatoms.